The molecule has 0 N–H and O–H groups in total. The van der Waals surface area contributed by atoms with Crippen molar-refractivity contribution in [2.75, 3.05) is 0 Å². The van der Waals surface area contributed by atoms with Crippen LogP contribution in [0.3, 0.4) is 0 Å². The first-order chi connectivity index (χ1) is 31.1. The normalized spacial score (nSPS) is 19.3. The van der Waals surface area contributed by atoms with Crippen LogP contribution in [0.15, 0.2) is 147 Å². The van der Waals surface area contributed by atoms with Crippen molar-refractivity contribution in [3.8, 4) is 22.3 Å². The van der Waals surface area contributed by atoms with E-state index >= 15 is 0 Å². The summed E-state index contributed by atoms with van der Waals surface area (Å²) in [5, 5.41) is 4.62. The second kappa shape index (κ2) is 18.6. The highest BCUT2D eigenvalue weighted by molar-refractivity contribution is 9.10. The van der Waals surface area contributed by atoms with Crippen molar-refractivity contribution in [1.29, 1.82) is 0 Å². The molecule has 0 aliphatic carbocycles. The van der Waals surface area contributed by atoms with Gasteiger partial charge in [-0.3, -0.25) is 0 Å². The Morgan fingerprint density at radius 3 is 1.06 bits per heavy atom. The maximum atomic E-state index is 6.17. The second-order valence-corrected chi connectivity index (χ2v) is 21.4. The molecule has 0 radical (unpaired) electrons. The van der Waals surface area contributed by atoms with E-state index in [1.165, 1.54) is 10.8 Å². The third-order valence-electron chi connectivity index (χ3n) is 14.5. The Kier molecular flexibility index (Phi) is 14.0. The van der Waals surface area contributed by atoms with Gasteiger partial charge in [0.2, 0.25) is 0 Å². The smallest absolute Gasteiger partial charge is 0.455 e. The van der Waals surface area contributed by atoms with Crippen LogP contribution in [0.2, 0.25) is 0 Å². The van der Waals surface area contributed by atoms with E-state index in [4.69, 9.17) is 36.8 Å². The number of hydrogen-bond acceptors (Lipinski definition) is 8. The molecule has 8 aromatic rings. The highest BCUT2D eigenvalue weighted by Crippen LogP contribution is 2.44. The fraction of sp³-hybridized carbons (Fsp3) is 0.357. The van der Waals surface area contributed by atoms with Gasteiger partial charge < -0.3 is 36.8 Å². The molecule has 12 heteroatoms. The Balaban J connectivity index is 0.000000153. The summed E-state index contributed by atoms with van der Waals surface area (Å²) in [5.74, 6) is 0. The van der Waals surface area contributed by atoms with Gasteiger partial charge in [-0.25, -0.2) is 0 Å². The van der Waals surface area contributed by atoms with E-state index in [9.17, 15) is 0 Å². The van der Waals surface area contributed by atoms with Crippen LogP contribution < -0.4 is 5.46 Å². The molecule has 0 amide bonds. The van der Waals surface area contributed by atoms with Crippen LogP contribution in [-0.4, -0.2) is 54.7 Å². The van der Waals surface area contributed by atoms with Crippen molar-refractivity contribution < 1.29 is 36.8 Å². The number of benzene rings is 6. The van der Waals surface area contributed by atoms with Crippen LogP contribution in [0.5, 0.6) is 0 Å². The summed E-state index contributed by atoms with van der Waals surface area (Å²) >= 11 is 3.47. The molecule has 0 bridgehead atoms. The minimum atomic E-state index is -0.476. The van der Waals surface area contributed by atoms with Gasteiger partial charge in [-0.05, 0) is 124 Å². The largest absolute Gasteiger partial charge is 0.494 e. The number of fused-ring (bicyclic) bond motifs is 6. The van der Waals surface area contributed by atoms with Gasteiger partial charge in [-0.15, -0.1) is 0 Å². The fourth-order valence-electron chi connectivity index (χ4n) is 8.38. The van der Waals surface area contributed by atoms with Crippen LogP contribution in [0.1, 0.15) is 97.9 Å². The van der Waals surface area contributed by atoms with Gasteiger partial charge in [-0.2, -0.15) is 0 Å². The Morgan fingerprint density at radius 2 is 0.676 bits per heavy atom. The highest BCUT2D eigenvalue weighted by atomic mass is 79.9. The molecule has 0 atom stereocenters. The summed E-state index contributed by atoms with van der Waals surface area (Å²) in [7, 11) is -1.30. The lowest BCUT2D eigenvalue weighted by Gasteiger charge is -2.32. The Morgan fingerprint density at radius 1 is 0.353 bits per heavy atom. The molecule has 3 aliphatic rings. The summed E-state index contributed by atoms with van der Waals surface area (Å²) in [5.41, 5.74) is 7.15. The van der Waals surface area contributed by atoms with Crippen molar-refractivity contribution in [3.63, 3.8) is 0 Å². The summed E-state index contributed by atoms with van der Waals surface area (Å²) in [6.45, 7) is 24.5. The number of halogens is 1. The molecule has 68 heavy (non-hydrogen) atoms. The number of para-hydroxylation sites is 4. The molecule has 3 aliphatic heterocycles. The molecule has 8 nitrogen and oxygen atoms in total. The third-order valence-corrected chi connectivity index (χ3v) is 15.0. The predicted octanol–water partition coefficient (Wildman–Crippen LogP) is 15.1. The van der Waals surface area contributed by atoms with Crippen LogP contribution in [0.25, 0.3) is 66.1 Å². The first kappa shape index (κ1) is 51.2. The average molecular weight is 979 g/mol. The molecular weight excluding hydrogens is 913 g/mol. The van der Waals surface area contributed by atoms with Crippen LogP contribution in [0.4, 0.5) is 0 Å². The Bertz CT molecular complexity index is 2960. The van der Waals surface area contributed by atoms with E-state index in [-0.39, 0.29) is 55.6 Å². The monoisotopic (exact) mass is 978 g/mol. The second-order valence-electron chi connectivity index (χ2n) is 20.5. The van der Waals surface area contributed by atoms with E-state index in [0.29, 0.717) is 0 Å². The molecule has 3 saturated heterocycles. The van der Waals surface area contributed by atoms with Gasteiger partial charge in [0.05, 0.1) is 33.6 Å². The van der Waals surface area contributed by atoms with Crippen LogP contribution >= 0.6 is 15.9 Å². The van der Waals surface area contributed by atoms with Crippen LogP contribution in [0, 0.1) is 0 Å². The van der Waals surface area contributed by atoms with Crippen molar-refractivity contribution in [1.82, 2.24) is 0 Å². The third kappa shape index (κ3) is 9.38. The van der Waals surface area contributed by atoms with Gasteiger partial charge in [0, 0.05) is 37.1 Å². The van der Waals surface area contributed by atoms with Crippen molar-refractivity contribution in [2.45, 2.75) is 132 Å². The molecule has 6 aromatic carbocycles. The molecule has 2 aromatic heterocycles. The summed E-state index contributed by atoms with van der Waals surface area (Å²) in [6, 6.07) is 45.6. The number of hydrogen-bond donors (Lipinski definition) is 0. The number of rotatable bonds is 4. The predicted molar refractivity (Wildman–Crippen MR) is 287 cm³/mol. The molecule has 0 saturated carbocycles. The maximum absolute atomic E-state index is 6.17. The minimum absolute atomic E-state index is 0. The van der Waals surface area contributed by atoms with Gasteiger partial charge >= 0.3 is 21.1 Å². The molecule has 354 valence electrons. The lowest BCUT2D eigenvalue weighted by atomic mass is 9.49. The van der Waals surface area contributed by atoms with E-state index in [1.54, 1.807) is 0 Å². The van der Waals surface area contributed by atoms with E-state index in [2.05, 4.69) is 141 Å². The SMILES string of the molecule is Brc1ccc(-c2cccc3c2oc2ccccc23)cc1.C.C.CC1(C)OB(B2OC(C)(C)C(C)(C)O2)OC1(C)C.CC1(C)OB(c2ccc(-c3cccc4c3oc3ccccc34)cc2)OC1(C)C. The molecule has 0 spiro atoms. The summed E-state index contributed by atoms with van der Waals surface area (Å²) in [6.07, 6.45) is 0. The van der Waals surface area contributed by atoms with Gasteiger partial charge in [0.1, 0.15) is 22.3 Å². The zero-order valence-corrected chi connectivity index (χ0v) is 41.7. The molecule has 3 fully saturated rings. The molecule has 0 unspecified atom stereocenters. The zero-order valence-electron chi connectivity index (χ0n) is 40.1. The molecular formula is C56H66B3BrO8. The zero-order chi connectivity index (χ0) is 47.0. The first-order valence-corrected chi connectivity index (χ1v) is 23.6. The number of furan rings is 2. The minimum Gasteiger partial charge on any atom is -0.455 e. The molecule has 5 heterocycles. The quantitative estimate of drug-likeness (QED) is 0.161. The van der Waals surface area contributed by atoms with Gasteiger partial charge in [0.25, 0.3) is 0 Å². The lowest BCUT2D eigenvalue weighted by molar-refractivity contribution is 0.00578. The first-order valence-electron chi connectivity index (χ1n) is 22.8. The van der Waals surface area contributed by atoms with Crippen LogP contribution in [-0.2, 0) is 27.9 Å². The van der Waals surface area contributed by atoms with Gasteiger partial charge in [-0.1, -0.05) is 140 Å². The average Bonchev–Trinajstić information content (AvgIpc) is 4.01. The van der Waals surface area contributed by atoms with E-state index in [1.807, 2.05) is 91.8 Å². The highest BCUT2D eigenvalue weighted by Gasteiger charge is 2.63. The summed E-state index contributed by atoms with van der Waals surface area (Å²) in [4.78, 5) is 0. The maximum Gasteiger partial charge on any atom is 0.494 e. The van der Waals surface area contributed by atoms with Crippen molar-refractivity contribution in [3.05, 3.63) is 138 Å². The topological polar surface area (TPSA) is 81.7 Å². The Labute approximate surface area is 412 Å². The van der Waals surface area contributed by atoms with Crippen molar-refractivity contribution in [2.24, 2.45) is 0 Å². The standard InChI is InChI=1S/C24H23BO3.C18H11BrO.C12H24B2O4.2CH4/c1-23(2)24(3,4)28-25(27-23)17-14-12-16(13-15-17)18-9-7-10-20-19-8-5-6-11-21(19)26-22(18)20;19-13-10-8-12(9-11-13)14-5-3-6-16-15-4-1-2-7-17(15)20-18(14)16;1-9(2)10(3,4)16-13(15-9)14-17-11(5,6)12(7,8)18-14;;/h5-15H,1-4H3;1-11H;1-8H3;2*1H4. The van der Waals surface area contributed by atoms with E-state index < -0.39 is 14.0 Å². The summed E-state index contributed by atoms with van der Waals surface area (Å²) < 4.78 is 49.5. The van der Waals surface area contributed by atoms with Gasteiger partial charge in [0.15, 0.2) is 0 Å². The van der Waals surface area contributed by atoms with Crippen molar-refractivity contribution >= 4 is 86.4 Å². The Hall–Kier alpha value is -4.65. The lowest BCUT2D eigenvalue weighted by Crippen LogP contribution is -2.41. The fourth-order valence-corrected chi connectivity index (χ4v) is 8.64. The van der Waals surface area contributed by atoms with E-state index in [0.717, 1.165) is 65.3 Å². The molecule has 11 rings (SSSR count).